The largest absolute Gasteiger partial charge is 0.477 e. The van der Waals surface area contributed by atoms with Gasteiger partial charge in [0.15, 0.2) is 0 Å². The summed E-state index contributed by atoms with van der Waals surface area (Å²) in [5.41, 5.74) is -0.602. The average Bonchev–Trinajstić information content (AvgIpc) is 2.07. The van der Waals surface area contributed by atoms with E-state index in [9.17, 15) is 14.9 Å². The van der Waals surface area contributed by atoms with E-state index in [4.69, 9.17) is 16.7 Å². The standard InChI is InChI=1S/C8H6ClNO4/c1-4-2-3-5(9)7(10(13)14)6(4)8(11)12/h2-3H,1H3,(H,11,12). The van der Waals surface area contributed by atoms with Crippen molar-refractivity contribution in [3.63, 3.8) is 0 Å². The fraction of sp³-hybridized carbons (Fsp3) is 0.125. The van der Waals surface area contributed by atoms with Crippen molar-refractivity contribution in [3.8, 4) is 0 Å². The molecule has 0 spiro atoms. The van der Waals surface area contributed by atoms with Gasteiger partial charge in [-0.05, 0) is 18.6 Å². The number of carboxylic acids is 1. The van der Waals surface area contributed by atoms with E-state index in [1.807, 2.05) is 0 Å². The van der Waals surface area contributed by atoms with Gasteiger partial charge in [0.1, 0.15) is 10.6 Å². The highest BCUT2D eigenvalue weighted by Crippen LogP contribution is 2.30. The molecule has 0 fully saturated rings. The van der Waals surface area contributed by atoms with Gasteiger partial charge in [0.2, 0.25) is 0 Å². The van der Waals surface area contributed by atoms with Gasteiger partial charge in [-0.2, -0.15) is 0 Å². The van der Waals surface area contributed by atoms with Crippen molar-refractivity contribution in [3.05, 3.63) is 38.4 Å². The Morgan fingerprint density at radius 2 is 2.14 bits per heavy atom. The van der Waals surface area contributed by atoms with Gasteiger partial charge in [-0.1, -0.05) is 17.7 Å². The molecule has 1 aromatic rings. The Morgan fingerprint density at radius 3 is 2.50 bits per heavy atom. The quantitative estimate of drug-likeness (QED) is 0.606. The number of aromatic carboxylic acids is 1. The molecule has 0 saturated carbocycles. The lowest BCUT2D eigenvalue weighted by atomic mass is 10.1. The molecule has 6 heteroatoms. The molecule has 0 bridgehead atoms. The molecule has 0 aliphatic rings. The van der Waals surface area contributed by atoms with Crippen LogP contribution in [0.25, 0.3) is 0 Å². The summed E-state index contributed by atoms with van der Waals surface area (Å²) in [5, 5.41) is 19.1. The smallest absolute Gasteiger partial charge is 0.343 e. The van der Waals surface area contributed by atoms with Gasteiger partial charge in [0, 0.05) is 0 Å². The third kappa shape index (κ3) is 1.67. The highest BCUT2D eigenvalue weighted by Gasteiger charge is 2.25. The second kappa shape index (κ2) is 3.63. The van der Waals surface area contributed by atoms with E-state index < -0.39 is 16.6 Å². The number of rotatable bonds is 2. The van der Waals surface area contributed by atoms with Gasteiger partial charge in [-0.15, -0.1) is 0 Å². The van der Waals surface area contributed by atoms with Crippen LogP contribution in [0.15, 0.2) is 12.1 Å². The molecule has 0 aliphatic carbocycles. The lowest BCUT2D eigenvalue weighted by Gasteiger charge is -2.02. The van der Waals surface area contributed by atoms with E-state index in [0.29, 0.717) is 5.56 Å². The number of hydrogen-bond donors (Lipinski definition) is 1. The summed E-state index contributed by atoms with van der Waals surface area (Å²) in [7, 11) is 0. The van der Waals surface area contributed by atoms with Crippen LogP contribution < -0.4 is 0 Å². The Bertz CT molecular complexity index is 377. The zero-order valence-electron chi connectivity index (χ0n) is 7.15. The van der Waals surface area contributed by atoms with Gasteiger partial charge in [0.05, 0.1) is 4.92 Å². The minimum atomic E-state index is -1.35. The summed E-state index contributed by atoms with van der Waals surface area (Å²) in [5.74, 6) is -1.35. The Balaban J connectivity index is 3.58. The number of hydrogen-bond acceptors (Lipinski definition) is 3. The normalized spacial score (nSPS) is 9.86. The van der Waals surface area contributed by atoms with Gasteiger partial charge in [-0.25, -0.2) is 4.79 Å². The topological polar surface area (TPSA) is 80.4 Å². The van der Waals surface area contributed by atoms with Crippen molar-refractivity contribution in [2.75, 3.05) is 0 Å². The first-order valence-corrected chi connectivity index (χ1v) is 3.99. The van der Waals surface area contributed by atoms with Gasteiger partial charge in [0.25, 0.3) is 0 Å². The molecule has 0 amide bonds. The Labute approximate surface area is 84.1 Å². The monoisotopic (exact) mass is 215 g/mol. The highest BCUT2D eigenvalue weighted by molar-refractivity contribution is 6.33. The molecular formula is C8H6ClNO4. The van der Waals surface area contributed by atoms with E-state index in [1.165, 1.54) is 19.1 Å². The summed E-state index contributed by atoms with van der Waals surface area (Å²) in [6.07, 6.45) is 0. The van der Waals surface area contributed by atoms with Crippen LogP contribution in [0, 0.1) is 17.0 Å². The van der Waals surface area contributed by atoms with E-state index in [2.05, 4.69) is 0 Å². The number of aryl methyl sites for hydroxylation is 1. The van der Waals surface area contributed by atoms with Crippen LogP contribution in [0.2, 0.25) is 5.02 Å². The van der Waals surface area contributed by atoms with Crippen molar-refractivity contribution >= 4 is 23.3 Å². The molecule has 1 aromatic carbocycles. The summed E-state index contributed by atoms with van der Waals surface area (Å²) >= 11 is 5.54. The van der Waals surface area contributed by atoms with Crippen molar-refractivity contribution in [1.29, 1.82) is 0 Å². The van der Waals surface area contributed by atoms with Crippen LogP contribution in [-0.2, 0) is 0 Å². The van der Waals surface area contributed by atoms with Crippen LogP contribution in [-0.4, -0.2) is 16.0 Å². The van der Waals surface area contributed by atoms with Crippen molar-refractivity contribution in [2.45, 2.75) is 6.92 Å². The van der Waals surface area contributed by atoms with Crippen LogP contribution >= 0.6 is 11.6 Å². The average molecular weight is 216 g/mol. The Hall–Kier alpha value is -1.62. The highest BCUT2D eigenvalue weighted by atomic mass is 35.5. The lowest BCUT2D eigenvalue weighted by molar-refractivity contribution is -0.385. The molecular weight excluding hydrogens is 210 g/mol. The van der Waals surface area contributed by atoms with Gasteiger partial charge in [-0.3, -0.25) is 10.1 Å². The van der Waals surface area contributed by atoms with E-state index in [-0.39, 0.29) is 10.6 Å². The number of nitro benzene ring substituents is 1. The minimum absolute atomic E-state index is 0.169. The minimum Gasteiger partial charge on any atom is -0.477 e. The number of carboxylic acid groups (broad SMARTS) is 1. The summed E-state index contributed by atoms with van der Waals surface area (Å²) < 4.78 is 0. The van der Waals surface area contributed by atoms with Crippen molar-refractivity contribution < 1.29 is 14.8 Å². The van der Waals surface area contributed by atoms with Crippen LogP contribution in [0.5, 0.6) is 0 Å². The second-order valence-electron chi connectivity index (χ2n) is 2.65. The van der Waals surface area contributed by atoms with E-state index in [0.717, 1.165) is 0 Å². The van der Waals surface area contributed by atoms with Crippen LogP contribution in [0.1, 0.15) is 15.9 Å². The Kier molecular flexibility index (Phi) is 2.71. The molecule has 0 saturated heterocycles. The number of nitrogens with zero attached hydrogens (tertiary/aromatic N) is 1. The summed E-state index contributed by atoms with van der Waals surface area (Å²) in [6, 6.07) is 2.74. The maximum atomic E-state index is 10.7. The summed E-state index contributed by atoms with van der Waals surface area (Å²) in [6.45, 7) is 1.48. The number of halogens is 1. The number of nitro groups is 1. The molecule has 0 aliphatic heterocycles. The first kappa shape index (κ1) is 10.5. The van der Waals surface area contributed by atoms with E-state index >= 15 is 0 Å². The molecule has 0 radical (unpaired) electrons. The molecule has 0 unspecified atom stereocenters. The molecule has 74 valence electrons. The summed E-state index contributed by atoms with van der Waals surface area (Å²) in [4.78, 5) is 20.5. The maximum absolute atomic E-state index is 10.7. The first-order chi connectivity index (χ1) is 6.45. The molecule has 1 rings (SSSR count). The fourth-order valence-electron chi connectivity index (χ4n) is 1.12. The zero-order valence-corrected chi connectivity index (χ0v) is 7.91. The molecule has 14 heavy (non-hydrogen) atoms. The van der Waals surface area contributed by atoms with Crippen molar-refractivity contribution in [2.24, 2.45) is 0 Å². The second-order valence-corrected chi connectivity index (χ2v) is 3.06. The molecule has 0 atom stereocenters. The van der Waals surface area contributed by atoms with E-state index in [1.54, 1.807) is 0 Å². The zero-order chi connectivity index (χ0) is 10.9. The third-order valence-corrected chi connectivity index (χ3v) is 2.04. The molecule has 0 heterocycles. The van der Waals surface area contributed by atoms with Crippen LogP contribution in [0.4, 0.5) is 5.69 Å². The molecule has 1 N–H and O–H groups in total. The SMILES string of the molecule is Cc1ccc(Cl)c([N+](=O)[O-])c1C(=O)O. The fourth-order valence-corrected chi connectivity index (χ4v) is 1.34. The van der Waals surface area contributed by atoms with Gasteiger partial charge >= 0.3 is 11.7 Å². The van der Waals surface area contributed by atoms with Crippen molar-refractivity contribution in [1.82, 2.24) is 0 Å². The molecule has 5 nitrogen and oxygen atoms in total. The predicted molar refractivity (Wildman–Crippen MR) is 49.8 cm³/mol. The lowest BCUT2D eigenvalue weighted by Crippen LogP contribution is -2.05. The van der Waals surface area contributed by atoms with Crippen LogP contribution in [0.3, 0.4) is 0 Å². The number of benzene rings is 1. The third-order valence-electron chi connectivity index (χ3n) is 1.73. The maximum Gasteiger partial charge on any atom is 0.343 e. The van der Waals surface area contributed by atoms with Gasteiger partial charge < -0.3 is 5.11 Å². The predicted octanol–water partition coefficient (Wildman–Crippen LogP) is 2.25. The molecule has 0 aromatic heterocycles. The Morgan fingerprint density at radius 1 is 1.57 bits per heavy atom. The first-order valence-electron chi connectivity index (χ1n) is 3.62. The number of carbonyl (C=O) groups is 1.